The average molecular weight is 330 g/mol. The summed E-state index contributed by atoms with van der Waals surface area (Å²) in [5, 5.41) is 11.0. The van der Waals surface area contributed by atoms with E-state index in [0.717, 1.165) is 6.42 Å². The van der Waals surface area contributed by atoms with Gasteiger partial charge < -0.3 is 15.4 Å². The number of methoxy groups -OCH3 is 1. The highest BCUT2D eigenvalue weighted by atomic mass is 35.5. The van der Waals surface area contributed by atoms with E-state index in [4.69, 9.17) is 10.5 Å². The van der Waals surface area contributed by atoms with Gasteiger partial charge in [-0.2, -0.15) is 0 Å². The lowest BCUT2D eigenvalue weighted by Crippen LogP contribution is -2.34. The lowest BCUT2D eigenvalue weighted by molar-refractivity contribution is -0.385. The minimum absolute atomic E-state index is 0. The fraction of sp³-hybridized carbons (Fsp3) is 0.500. The van der Waals surface area contributed by atoms with Crippen LogP contribution < -0.4 is 10.5 Å². The van der Waals surface area contributed by atoms with Gasteiger partial charge in [-0.25, -0.2) is 0 Å². The van der Waals surface area contributed by atoms with Crippen LogP contribution in [0, 0.1) is 16.0 Å². The second kappa shape index (κ2) is 7.42. The van der Waals surface area contributed by atoms with Crippen molar-refractivity contribution in [3.8, 4) is 5.75 Å². The number of rotatable bonds is 4. The molecule has 2 unspecified atom stereocenters. The first kappa shape index (κ1) is 18.2. The third-order valence-corrected chi connectivity index (χ3v) is 3.88. The first-order valence-corrected chi connectivity index (χ1v) is 6.81. The number of ether oxygens (including phenoxy) is 1. The minimum atomic E-state index is -0.550. The lowest BCUT2D eigenvalue weighted by atomic mass is 10.1. The van der Waals surface area contributed by atoms with Crippen LogP contribution in [-0.2, 0) is 0 Å². The number of nitro groups is 1. The lowest BCUT2D eigenvalue weighted by Gasteiger charge is -2.21. The molecule has 0 spiro atoms. The Labute approximate surface area is 135 Å². The molecule has 1 aliphatic rings. The van der Waals surface area contributed by atoms with Crippen molar-refractivity contribution in [2.45, 2.75) is 19.4 Å². The van der Waals surface area contributed by atoms with E-state index in [1.165, 1.54) is 19.2 Å². The van der Waals surface area contributed by atoms with Gasteiger partial charge in [0.1, 0.15) is 0 Å². The van der Waals surface area contributed by atoms with Crippen LogP contribution in [0.15, 0.2) is 18.2 Å². The van der Waals surface area contributed by atoms with Crippen LogP contribution in [0.5, 0.6) is 5.75 Å². The SMILES string of the molecule is COc1ccc(C(=O)N2CC(CN)CC2C)cc1[N+](=O)[O-].Cl. The van der Waals surface area contributed by atoms with Gasteiger partial charge >= 0.3 is 5.69 Å². The summed E-state index contributed by atoms with van der Waals surface area (Å²) in [5.74, 6) is 0.229. The molecule has 0 aromatic heterocycles. The maximum Gasteiger partial charge on any atom is 0.311 e. The Balaban J connectivity index is 0.00000242. The van der Waals surface area contributed by atoms with Crippen molar-refractivity contribution in [3.05, 3.63) is 33.9 Å². The third-order valence-electron chi connectivity index (χ3n) is 3.88. The molecule has 7 nitrogen and oxygen atoms in total. The van der Waals surface area contributed by atoms with Gasteiger partial charge in [0.2, 0.25) is 0 Å². The first-order chi connectivity index (χ1) is 9.97. The summed E-state index contributed by atoms with van der Waals surface area (Å²) in [6, 6.07) is 4.36. The summed E-state index contributed by atoms with van der Waals surface area (Å²) in [7, 11) is 1.36. The Kier molecular flexibility index (Phi) is 6.13. The Hall–Kier alpha value is -1.86. The van der Waals surface area contributed by atoms with Crippen molar-refractivity contribution >= 4 is 24.0 Å². The standard InChI is InChI=1S/C14H19N3O4.ClH/c1-9-5-10(7-15)8-16(9)14(18)11-3-4-13(21-2)12(6-11)17(19)20;/h3-4,6,9-10H,5,7-8,15H2,1-2H3;1H. The smallest absolute Gasteiger partial charge is 0.311 e. The number of nitrogens with two attached hydrogens (primary N) is 1. The van der Waals surface area contributed by atoms with E-state index in [9.17, 15) is 14.9 Å². The Morgan fingerprint density at radius 3 is 2.73 bits per heavy atom. The van der Waals surface area contributed by atoms with Gasteiger partial charge in [-0.15, -0.1) is 12.4 Å². The number of likely N-dealkylation sites (tertiary alicyclic amines) is 1. The van der Waals surface area contributed by atoms with Gasteiger partial charge in [-0.3, -0.25) is 14.9 Å². The number of nitro benzene ring substituents is 1. The second-order valence-corrected chi connectivity index (χ2v) is 5.29. The van der Waals surface area contributed by atoms with Gasteiger partial charge in [0.15, 0.2) is 5.75 Å². The summed E-state index contributed by atoms with van der Waals surface area (Å²) < 4.78 is 4.94. The first-order valence-electron chi connectivity index (χ1n) is 6.81. The summed E-state index contributed by atoms with van der Waals surface area (Å²) in [4.78, 5) is 24.7. The van der Waals surface area contributed by atoms with Crippen LogP contribution >= 0.6 is 12.4 Å². The number of hydrogen-bond acceptors (Lipinski definition) is 5. The topological polar surface area (TPSA) is 98.7 Å². The van der Waals surface area contributed by atoms with E-state index in [1.54, 1.807) is 11.0 Å². The van der Waals surface area contributed by atoms with Crippen molar-refractivity contribution in [2.75, 3.05) is 20.2 Å². The molecule has 0 bridgehead atoms. The summed E-state index contributed by atoms with van der Waals surface area (Å²) >= 11 is 0. The molecule has 1 aromatic carbocycles. The minimum Gasteiger partial charge on any atom is -0.490 e. The van der Waals surface area contributed by atoms with Crippen molar-refractivity contribution in [2.24, 2.45) is 11.7 Å². The van der Waals surface area contributed by atoms with E-state index in [1.807, 2.05) is 6.92 Å². The number of hydrogen-bond donors (Lipinski definition) is 1. The fourth-order valence-corrected chi connectivity index (χ4v) is 2.73. The van der Waals surface area contributed by atoms with Crippen LogP contribution in [0.4, 0.5) is 5.69 Å². The van der Waals surface area contributed by atoms with Gasteiger partial charge in [0.05, 0.1) is 12.0 Å². The molecule has 8 heteroatoms. The number of carbonyl (C=O) groups is 1. The normalized spacial score (nSPS) is 20.4. The molecule has 22 heavy (non-hydrogen) atoms. The molecule has 0 saturated carbocycles. The highest BCUT2D eigenvalue weighted by molar-refractivity contribution is 5.95. The third kappa shape index (κ3) is 3.48. The van der Waals surface area contributed by atoms with Crippen LogP contribution in [0.3, 0.4) is 0 Å². The van der Waals surface area contributed by atoms with E-state index in [-0.39, 0.29) is 41.7 Å². The second-order valence-electron chi connectivity index (χ2n) is 5.29. The molecular weight excluding hydrogens is 310 g/mol. The number of carbonyl (C=O) groups excluding carboxylic acids is 1. The van der Waals surface area contributed by atoms with Crippen molar-refractivity contribution in [1.82, 2.24) is 4.90 Å². The zero-order chi connectivity index (χ0) is 15.6. The predicted molar refractivity (Wildman–Crippen MR) is 84.6 cm³/mol. The molecule has 2 N–H and O–H groups in total. The molecular formula is C14H20ClN3O4. The van der Waals surface area contributed by atoms with E-state index in [0.29, 0.717) is 18.7 Å². The molecule has 1 saturated heterocycles. The van der Waals surface area contributed by atoms with Crippen LogP contribution in [-0.4, -0.2) is 42.0 Å². The van der Waals surface area contributed by atoms with Crippen molar-refractivity contribution < 1.29 is 14.5 Å². The average Bonchev–Trinajstić information content (AvgIpc) is 2.86. The maximum atomic E-state index is 12.5. The molecule has 0 radical (unpaired) electrons. The Bertz CT molecular complexity index is 567. The quantitative estimate of drug-likeness (QED) is 0.671. The molecule has 2 atom stereocenters. The molecule has 1 aromatic rings. The number of nitrogens with zero attached hydrogens (tertiary/aromatic N) is 2. The monoisotopic (exact) mass is 329 g/mol. The molecule has 1 amide bonds. The number of halogens is 1. The van der Waals surface area contributed by atoms with Gasteiger partial charge in [0.25, 0.3) is 5.91 Å². The molecule has 0 aliphatic carbocycles. The van der Waals surface area contributed by atoms with E-state index >= 15 is 0 Å². The maximum absolute atomic E-state index is 12.5. The fourth-order valence-electron chi connectivity index (χ4n) is 2.73. The highest BCUT2D eigenvalue weighted by Crippen LogP contribution is 2.30. The molecule has 1 aliphatic heterocycles. The zero-order valence-corrected chi connectivity index (χ0v) is 13.3. The zero-order valence-electron chi connectivity index (χ0n) is 12.5. The van der Waals surface area contributed by atoms with Crippen molar-refractivity contribution in [3.63, 3.8) is 0 Å². The van der Waals surface area contributed by atoms with Crippen LogP contribution in [0.2, 0.25) is 0 Å². The highest BCUT2D eigenvalue weighted by Gasteiger charge is 2.32. The van der Waals surface area contributed by atoms with Gasteiger partial charge in [-0.05, 0) is 37.9 Å². The summed E-state index contributed by atoms with van der Waals surface area (Å²) in [5.41, 5.74) is 5.75. The summed E-state index contributed by atoms with van der Waals surface area (Å²) in [6.45, 7) is 3.10. The largest absolute Gasteiger partial charge is 0.490 e. The Morgan fingerprint density at radius 2 is 2.23 bits per heavy atom. The van der Waals surface area contributed by atoms with E-state index in [2.05, 4.69) is 0 Å². The number of benzene rings is 1. The van der Waals surface area contributed by atoms with Crippen molar-refractivity contribution in [1.29, 1.82) is 0 Å². The molecule has 2 rings (SSSR count). The van der Waals surface area contributed by atoms with Gasteiger partial charge in [-0.1, -0.05) is 0 Å². The summed E-state index contributed by atoms with van der Waals surface area (Å²) in [6.07, 6.45) is 0.862. The number of amides is 1. The van der Waals surface area contributed by atoms with Gasteiger partial charge in [0, 0.05) is 24.2 Å². The van der Waals surface area contributed by atoms with Crippen LogP contribution in [0.1, 0.15) is 23.7 Å². The Morgan fingerprint density at radius 1 is 1.55 bits per heavy atom. The molecule has 1 heterocycles. The van der Waals surface area contributed by atoms with E-state index < -0.39 is 4.92 Å². The van der Waals surface area contributed by atoms with Crippen LogP contribution in [0.25, 0.3) is 0 Å². The predicted octanol–water partition coefficient (Wildman–Crippen LogP) is 1.83. The molecule has 1 fully saturated rings. The molecule has 122 valence electrons.